The zero-order valence-corrected chi connectivity index (χ0v) is 13.0. The third kappa shape index (κ3) is 4.85. The molecule has 1 saturated heterocycles. The summed E-state index contributed by atoms with van der Waals surface area (Å²) in [6, 6.07) is 3.48. The fraction of sp³-hybridized carbons (Fsp3) is 0.467. The van der Waals surface area contributed by atoms with Crippen molar-refractivity contribution in [1.82, 2.24) is 15.4 Å². The van der Waals surface area contributed by atoms with Gasteiger partial charge in [0.2, 0.25) is 5.91 Å². The standard InChI is InChI=1S/C15H19N5O3/c1-11-8-13(19-23-11)18-10-12(9-16)15(22)17-5-3-7-20-6-2-4-14(20)21/h8,10H,2-7H2,1H3,(H,17,22)(H,18,19)/b12-10-. The van der Waals surface area contributed by atoms with Crippen molar-refractivity contribution < 1.29 is 14.1 Å². The minimum Gasteiger partial charge on any atom is -0.360 e. The monoisotopic (exact) mass is 317 g/mol. The van der Waals surface area contributed by atoms with Crippen LogP contribution in [0.25, 0.3) is 0 Å². The maximum atomic E-state index is 11.9. The highest BCUT2D eigenvalue weighted by Gasteiger charge is 2.19. The molecule has 8 nitrogen and oxygen atoms in total. The van der Waals surface area contributed by atoms with Crippen LogP contribution in [-0.2, 0) is 9.59 Å². The second-order valence-electron chi connectivity index (χ2n) is 5.23. The van der Waals surface area contributed by atoms with E-state index in [9.17, 15) is 9.59 Å². The van der Waals surface area contributed by atoms with E-state index in [0.29, 0.717) is 37.5 Å². The van der Waals surface area contributed by atoms with Crippen molar-refractivity contribution in [2.24, 2.45) is 0 Å². The molecule has 0 spiro atoms. The average Bonchev–Trinajstić information content (AvgIpc) is 3.13. The third-order valence-corrected chi connectivity index (χ3v) is 3.42. The Morgan fingerprint density at radius 1 is 1.61 bits per heavy atom. The molecule has 2 rings (SSSR count). The number of nitrogens with zero attached hydrogens (tertiary/aromatic N) is 3. The summed E-state index contributed by atoms with van der Waals surface area (Å²) in [5, 5.41) is 18.1. The Morgan fingerprint density at radius 2 is 2.43 bits per heavy atom. The van der Waals surface area contributed by atoms with Gasteiger partial charge in [0, 0.05) is 38.3 Å². The molecule has 2 heterocycles. The maximum absolute atomic E-state index is 11.9. The van der Waals surface area contributed by atoms with Gasteiger partial charge in [0.25, 0.3) is 5.91 Å². The number of nitriles is 1. The molecule has 122 valence electrons. The molecular weight excluding hydrogens is 298 g/mol. The van der Waals surface area contributed by atoms with E-state index in [0.717, 1.165) is 13.0 Å². The zero-order chi connectivity index (χ0) is 16.7. The minimum absolute atomic E-state index is 0.0529. The lowest BCUT2D eigenvalue weighted by atomic mass is 10.3. The first-order chi connectivity index (χ1) is 11.1. The van der Waals surface area contributed by atoms with Crippen LogP contribution >= 0.6 is 0 Å². The van der Waals surface area contributed by atoms with Gasteiger partial charge in [-0.3, -0.25) is 9.59 Å². The number of aromatic nitrogens is 1. The normalized spacial score (nSPS) is 14.7. The van der Waals surface area contributed by atoms with Crippen LogP contribution in [0.1, 0.15) is 25.0 Å². The van der Waals surface area contributed by atoms with Crippen molar-refractivity contribution in [1.29, 1.82) is 5.26 Å². The molecule has 8 heteroatoms. The van der Waals surface area contributed by atoms with Gasteiger partial charge in [-0.05, 0) is 19.8 Å². The summed E-state index contributed by atoms with van der Waals surface area (Å²) in [5.74, 6) is 0.755. The number of rotatable bonds is 7. The van der Waals surface area contributed by atoms with Gasteiger partial charge in [0.05, 0.1) is 0 Å². The molecule has 2 N–H and O–H groups in total. The van der Waals surface area contributed by atoms with Crippen LogP contribution in [0.4, 0.5) is 5.82 Å². The molecule has 23 heavy (non-hydrogen) atoms. The first kappa shape index (κ1) is 16.5. The van der Waals surface area contributed by atoms with E-state index in [1.165, 1.54) is 6.20 Å². The number of hydrogen-bond acceptors (Lipinski definition) is 6. The largest absolute Gasteiger partial charge is 0.360 e. The predicted octanol–water partition coefficient (Wildman–Crippen LogP) is 0.931. The Bertz CT molecular complexity index is 644. The molecule has 0 saturated carbocycles. The highest BCUT2D eigenvalue weighted by molar-refractivity contribution is 5.97. The minimum atomic E-state index is -0.465. The van der Waals surface area contributed by atoms with E-state index < -0.39 is 5.91 Å². The summed E-state index contributed by atoms with van der Waals surface area (Å²) in [7, 11) is 0. The molecule has 2 amide bonds. The zero-order valence-electron chi connectivity index (χ0n) is 13.0. The number of amides is 2. The molecule has 0 atom stereocenters. The second-order valence-corrected chi connectivity index (χ2v) is 5.23. The summed E-state index contributed by atoms with van der Waals surface area (Å²) >= 11 is 0. The summed E-state index contributed by atoms with van der Waals surface area (Å²) in [5.41, 5.74) is -0.0529. The fourth-order valence-corrected chi connectivity index (χ4v) is 2.24. The van der Waals surface area contributed by atoms with Gasteiger partial charge in [-0.2, -0.15) is 5.26 Å². The molecule has 1 fully saturated rings. The van der Waals surface area contributed by atoms with Gasteiger partial charge in [0.1, 0.15) is 17.4 Å². The summed E-state index contributed by atoms with van der Waals surface area (Å²) in [6.45, 7) is 3.56. The fourth-order valence-electron chi connectivity index (χ4n) is 2.24. The SMILES string of the molecule is Cc1cc(N/C=C(/C#N)C(=O)NCCCN2CCCC2=O)no1. The van der Waals surface area contributed by atoms with Gasteiger partial charge in [-0.1, -0.05) is 5.16 Å². The maximum Gasteiger partial charge on any atom is 0.263 e. The van der Waals surface area contributed by atoms with Crippen molar-refractivity contribution in [2.45, 2.75) is 26.2 Å². The quantitative estimate of drug-likeness (QED) is 0.439. The van der Waals surface area contributed by atoms with E-state index in [4.69, 9.17) is 9.78 Å². The molecule has 0 aliphatic carbocycles. The molecule has 0 aromatic carbocycles. The van der Waals surface area contributed by atoms with E-state index >= 15 is 0 Å². The lowest BCUT2D eigenvalue weighted by molar-refractivity contribution is -0.127. The smallest absolute Gasteiger partial charge is 0.263 e. The lowest BCUT2D eigenvalue weighted by Crippen LogP contribution is -2.31. The molecule has 0 bridgehead atoms. The Balaban J connectivity index is 1.74. The predicted molar refractivity (Wildman–Crippen MR) is 82.0 cm³/mol. The molecule has 0 unspecified atom stereocenters. The van der Waals surface area contributed by atoms with Gasteiger partial charge in [-0.25, -0.2) is 0 Å². The Hall–Kier alpha value is -2.82. The van der Waals surface area contributed by atoms with Gasteiger partial charge >= 0.3 is 0 Å². The topological polar surface area (TPSA) is 111 Å². The van der Waals surface area contributed by atoms with Gasteiger partial charge in [0.15, 0.2) is 5.82 Å². The molecule has 1 aromatic heterocycles. The number of nitrogens with one attached hydrogen (secondary N) is 2. The van der Waals surface area contributed by atoms with Crippen molar-refractivity contribution >= 4 is 17.6 Å². The van der Waals surface area contributed by atoms with Crippen LogP contribution in [-0.4, -0.2) is 41.5 Å². The summed E-state index contributed by atoms with van der Waals surface area (Å²) in [6.07, 6.45) is 3.46. The first-order valence-corrected chi connectivity index (χ1v) is 7.46. The number of carbonyl (C=O) groups excluding carboxylic acids is 2. The van der Waals surface area contributed by atoms with Gasteiger partial charge < -0.3 is 20.1 Å². The molecular formula is C15H19N5O3. The number of aryl methyl sites for hydroxylation is 1. The second kappa shape index (κ2) is 7.98. The van der Waals surface area contributed by atoms with Crippen molar-refractivity contribution in [2.75, 3.05) is 25.0 Å². The summed E-state index contributed by atoms with van der Waals surface area (Å²) < 4.78 is 4.87. The van der Waals surface area contributed by atoms with Crippen molar-refractivity contribution in [3.05, 3.63) is 23.6 Å². The number of likely N-dealkylation sites (tertiary alicyclic amines) is 1. The molecule has 0 radical (unpaired) electrons. The molecule has 1 aromatic rings. The van der Waals surface area contributed by atoms with Crippen LogP contribution in [0.3, 0.4) is 0 Å². The summed E-state index contributed by atoms with van der Waals surface area (Å²) in [4.78, 5) is 25.1. The van der Waals surface area contributed by atoms with E-state index in [1.807, 2.05) is 6.07 Å². The first-order valence-electron chi connectivity index (χ1n) is 7.46. The van der Waals surface area contributed by atoms with Crippen LogP contribution in [0.5, 0.6) is 0 Å². The Kier molecular flexibility index (Phi) is 5.74. The van der Waals surface area contributed by atoms with E-state index in [-0.39, 0.29) is 11.5 Å². The van der Waals surface area contributed by atoms with Crippen LogP contribution in [0.2, 0.25) is 0 Å². The highest BCUT2D eigenvalue weighted by Crippen LogP contribution is 2.09. The van der Waals surface area contributed by atoms with Crippen LogP contribution in [0.15, 0.2) is 22.4 Å². The number of carbonyl (C=O) groups is 2. The van der Waals surface area contributed by atoms with E-state index in [1.54, 1.807) is 17.9 Å². The van der Waals surface area contributed by atoms with Crippen molar-refractivity contribution in [3.8, 4) is 6.07 Å². The molecule has 1 aliphatic rings. The number of hydrogen-bond donors (Lipinski definition) is 2. The lowest BCUT2D eigenvalue weighted by Gasteiger charge is -2.15. The van der Waals surface area contributed by atoms with Crippen LogP contribution < -0.4 is 10.6 Å². The van der Waals surface area contributed by atoms with E-state index in [2.05, 4.69) is 15.8 Å². The van der Waals surface area contributed by atoms with Crippen molar-refractivity contribution in [3.63, 3.8) is 0 Å². The molecule has 1 aliphatic heterocycles. The Labute approximate surface area is 134 Å². The van der Waals surface area contributed by atoms with Crippen LogP contribution in [0, 0.1) is 18.3 Å². The third-order valence-electron chi connectivity index (χ3n) is 3.42. The number of anilines is 1. The average molecular weight is 317 g/mol. The Morgan fingerprint density at radius 3 is 3.04 bits per heavy atom. The highest BCUT2D eigenvalue weighted by atomic mass is 16.5. The van der Waals surface area contributed by atoms with Gasteiger partial charge in [-0.15, -0.1) is 0 Å².